The summed E-state index contributed by atoms with van der Waals surface area (Å²) in [7, 11) is 0. The van der Waals surface area contributed by atoms with Gasteiger partial charge >= 0.3 is 5.97 Å². The summed E-state index contributed by atoms with van der Waals surface area (Å²) in [6, 6.07) is 7.82. The van der Waals surface area contributed by atoms with E-state index in [1.54, 1.807) is 0 Å². The summed E-state index contributed by atoms with van der Waals surface area (Å²) in [5, 5.41) is 20.1. The predicted molar refractivity (Wildman–Crippen MR) is 87.0 cm³/mol. The zero-order valence-electron chi connectivity index (χ0n) is 13.7. The minimum atomic E-state index is -0.983. The summed E-state index contributed by atoms with van der Waals surface area (Å²) >= 11 is 0. The number of rotatable bonds is 4. The topological polar surface area (TPSA) is 103 Å². The van der Waals surface area contributed by atoms with Gasteiger partial charge in [0, 0.05) is 37.2 Å². The van der Waals surface area contributed by atoms with E-state index in [9.17, 15) is 4.79 Å². The number of hydrogen-bond acceptors (Lipinski definition) is 7. The van der Waals surface area contributed by atoms with Gasteiger partial charge in [-0.3, -0.25) is 4.79 Å². The number of hydrogen-bond donors (Lipinski definition) is 1. The molecule has 2 aromatic rings. The summed E-state index contributed by atoms with van der Waals surface area (Å²) in [6.07, 6.45) is 1.71. The first kappa shape index (κ1) is 16.0. The summed E-state index contributed by atoms with van der Waals surface area (Å²) in [4.78, 5) is 13.2. The van der Waals surface area contributed by atoms with E-state index in [1.807, 2.05) is 24.3 Å². The number of piperidine rings is 1. The van der Waals surface area contributed by atoms with Crippen LogP contribution in [-0.4, -0.2) is 63.4 Å². The van der Waals surface area contributed by atoms with Crippen molar-refractivity contribution in [2.45, 2.75) is 25.2 Å². The molecule has 2 aliphatic rings. The van der Waals surface area contributed by atoms with Gasteiger partial charge in [0.2, 0.25) is 0 Å². The van der Waals surface area contributed by atoms with Crippen LogP contribution in [0.25, 0.3) is 11.4 Å². The third-order valence-electron chi connectivity index (χ3n) is 4.65. The monoisotopic (exact) mass is 345 g/mol. The molecule has 0 bridgehead atoms. The lowest BCUT2D eigenvalue weighted by atomic mass is 10.0. The van der Waals surface area contributed by atoms with Crippen LogP contribution >= 0.6 is 0 Å². The second-order valence-electron chi connectivity index (χ2n) is 6.20. The molecule has 0 atom stereocenters. The Balaban J connectivity index is 1.46. The first-order chi connectivity index (χ1) is 12.2. The molecule has 1 aromatic carbocycles. The summed E-state index contributed by atoms with van der Waals surface area (Å²) in [5.41, 5.74) is 1.89. The minimum absolute atomic E-state index is 0.266. The third-order valence-corrected chi connectivity index (χ3v) is 4.65. The highest BCUT2D eigenvalue weighted by molar-refractivity contribution is 5.68. The van der Waals surface area contributed by atoms with E-state index >= 15 is 0 Å². The average Bonchev–Trinajstić information content (AvgIpc) is 3.25. The zero-order chi connectivity index (χ0) is 17.3. The first-order valence-electron chi connectivity index (χ1n) is 8.26. The van der Waals surface area contributed by atoms with Crippen molar-refractivity contribution in [3.8, 4) is 11.4 Å². The molecule has 1 spiro atoms. The maximum Gasteiger partial charge on any atom is 0.325 e. The smallest absolute Gasteiger partial charge is 0.325 e. The number of nitrogens with zero attached hydrogens (tertiary/aromatic N) is 5. The lowest BCUT2D eigenvalue weighted by molar-refractivity contribution is -0.169. The Bertz CT molecular complexity index is 744. The molecule has 1 aromatic heterocycles. The normalized spacial score (nSPS) is 19.4. The maximum absolute atomic E-state index is 10.9. The molecule has 9 nitrogen and oxygen atoms in total. The van der Waals surface area contributed by atoms with E-state index < -0.39 is 5.97 Å². The summed E-state index contributed by atoms with van der Waals surface area (Å²) in [5.74, 6) is -0.918. The van der Waals surface area contributed by atoms with Crippen molar-refractivity contribution in [3.05, 3.63) is 24.3 Å². The number of benzene rings is 1. The fourth-order valence-electron chi connectivity index (χ4n) is 3.36. The molecule has 25 heavy (non-hydrogen) atoms. The Morgan fingerprint density at radius 3 is 2.48 bits per heavy atom. The van der Waals surface area contributed by atoms with Gasteiger partial charge in [-0.1, -0.05) is 0 Å². The zero-order valence-corrected chi connectivity index (χ0v) is 13.7. The van der Waals surface area contributed by atoms with Gasteiger partial charge in [-0.15, -0.1) is 5.10 Å². The number of carboxylic acids is 1. The molecule has 9 heteroatoms. The van der Waals surface area contributed by atoms with Crippen LogP contribution in [0.1, 0.15) is 12.8 Å². The molecule has 2 aliphatic heterocycles. The van der Waals surface area contributed by atoms with Crippen LogP contribution in [0.3, 0.4) is 0 Å². The number of ether oxygens (including phenoxy) is 2. The number of aliphatic carboxylic acids is 1. The molecule has 0 amide bonds. The molecule has 1 N–H and O–H groups in total. The van der Waals surface area contributed by atoms with Gasteiger partial charge in [0.05, 0.1) is 13.2 Å². The Morgan fingerprint density at radius 2 is 1.84 bits per heavy atom. The van der Waals surface area contributed by atoms with Crippen LogP contribution in [0.4, 0.5) is 5.69 Å². The first-order valence-corrected chi connectivity index (χ1v) is 8.26. The molecule has 0 radical (unpaired) electrons. The van der Waals surface area contributed by atoms with E-state index in [0.717, 1.165) is 37.2 Å². The molecule has 0 unspecified atom stereocenters. The van der Waals surface area contributed by atoms with Gasteiger partial charge in [0.15, 0.2) is 11.6 Å². The van der Waals surface area contributed by atoms with Crippen molar-refractivity contribution in [1.82, 2.24) is 20.2 Å². The molecule has 3 heterocycles. The van der Waals surface area contributed by atoms with Crippen LogP contribution in [0.5, 0.6) is 0 Å². The standard InChI is InChI=1S/C16H19N5O4/c22-14(23)11-21-15(17-18-19-21)12-1-3-13(4-2-12)20-7-5-16(6-8-20)24-9-10-25-16/h1-4H,5-11H2,(H,22,23). The largest absolute Gasteiger partial charge is 0.480 e. The van der Waals surface area contributed by atoms with Crippen LogP contribution in [0, 0.1) is 0 Å². The van der Waals surface area contributed by atoms with E-state index in [4.69, 9.17) is 14.6 Å². The van der Waals surface area contributed by atoms with Crippen molar-refractivity contribution in [2.75, 3.05) is 31.2 Å². The molecule has 0 aliphatic carbocycles. The van der Waals surface area contributed by atoms with Gasteiger partial charge in [-0.05, 0) is 34.7 Å². The van der Waals surface area contributed by atoms with Crippen molar-refractivity contribution >= 4 is 11.7 Å². The van der Waals surface area contributed by atoms with Crippen LogP contribution in [-0.2, 0) is 20.8 Å². The second-order valence-corrected chi connectivity index (χ2v) is 6.20. The van der Waals surface area contributed by atoms with Crippen LogP contribution in [0.2, 0.25) is 0 Å². The highest BCUT2D eigenvalue weighted by Gasteiger charge is 2.39. The van der Waals surface area contributed by atoms with Crippen molar-refractivity contribution < 1.29 is 19.4 Å². The van der Waals surface area contributed by atoms with Gasteiger partial charge in [-0.2, -0.15) is 0 Å². The Kier molecular flexibility index (Phi) is 4.10. The van der Waals surface area contributed by atoms with Crippen LogP contribution in [0.15, 0.2) is 24.3 Å². The quantitative estimate of drug-likeness (QED) is 0.867. The van der Waals surface area contributed by atoms with Gasteiger partial charge in [-0.25, -0.2) is 4.68 Å². The van der Waals surface area contributed by atoms with Gasteiger partial charge in [0.1, 0.15) is 6.54 Å². The summed E-state index contributed by atoms with van der Waals surface area (Å²) in [6.45, 7) is 2.84. The number of anilines is 1. The number of carboxylic acid groups (broad SMARTS) is 1. The minimum Gasteiger partial charge on any atom is -0.480 e. The Hall–Kier alpha value is -2.52. The molecule has 2 fully saturated rings. The Morgan fingerprint density at radius 1 is 1.16 bits per heavy atom. The van der Waals surface area contributed by atoms with Crippen LogP contribution < -0.4 is 4.90 Å². The molecular weight excluding hydrogens is 326 g/mol. The van der Waals surface area contributed by atoms with E-state index in [0.29, 0.717) is 19.0 Å². The molecule has 0 saturated carbocycles. The molecule has 4 rings (SSSR count). The second kappa shape index (κ2) is 6.41. The molecular formula is C16H19N5O4. The number of carbonyl (C=O) groups is 1. The van der Waals surface area contributed by atoms with Crippen molar-refractivity contribution in [1.29, 1.82) is 0 Å². The lowest BCUT2D eigenvalue weighted by Crippen LogP contribution is -2.45. The maximum atomic E-state index is 10.9. The van der Waals surface area contributed by atoms with Crippen molar-refractivity contribution in [3.63, 3.8) is 0 Å². The van der Waals surface area contributed by atoms with E-state index in [-0.39, 0.29) is 12.3 Å². The fourth-order valence-corrected chi connectivity index (χ4v) is 3.36. The number of aromatic nitrogens is 4. The predicted octanol–water partition coefficient (Wildman–Crippen LogP) is 0.768. The SMILES string of the molecule is O=C(O)Cn1nnnc1-c1ccc(N2CCC3(CC2)OCCO3)cc1. The van der Waals surface area contributed by atoms with E-state index in [1.165, 1.54) is 4.68 Å². The molecule has 132 valence electrons. The van der Waals surface area contributed by atoms with Gasteiger partial charge < -0.3 is 19.5 Å². The lowest BCUT2D eigenvalue weighted by Gasteiger charge is -2.38. The highest BCUT2D eigenvalue weighted by Crippen LogP contribution is 2.33. The fraction of sp³-hybridized carbons (Fsp3) is 0.500. The van der Waals surface area contributed by atoms with Crippen molar-refractivity contribution in [2.24, 2.45) is 0 Å². The summed E-state index contributed by atoms with van der Waals surface area (Å²) < 4.78 is 12.8. The number of tetrazole rings is 1. The third kappa shape index (κ3) is 3.20. The molecule has 2 saturated heterocycles. The van der Waals surface area contributed by atoms with E-state index in [2.05, 4.69) is 20.4 Å². The average molecular weight is 345 g/mol. The highest BCUT2D eigenvalue weighted by atomic mass is 16.7. The van der Waals surface area contributed by atoms with Gasteiger partial charge in [0.25, 0.3) is 0 Å². The Labute approximate surface area is 144 Å².